The van der Waals surface area contributed by atoms with Crippen LogP contribution in [0.5, 0.6) is 0 Å². The highest BCUT2D eigenvalue weighted by atomic mass is 16.3. The first kappa shape index (κ1) is 14.9. The molecule has 0 spiro atoms. The summed E-state index contributed by atoms with van der Waals surface area (Å²) in [4.78, 5) is 0.143. The van der Waals surface area contributed by atoms with Gasteiger partial charge >= 0.3 is 0 Å². The second kappa shape index (κ2) is 15.8. The van der Waals surface area contributed by atoms with E-state index in [0.29, 0.717) is 0 Å². The van der Waals surface area contributed by atoms with Crippen molar-refractivity contribution in [3.05, 3.63) is 282 Å². The molecular formula is C65H43NO. The quantitative estimate of drug-likeness (QED) is 0.151. The molecule has 314 valence electrons. The lowest BCUT2D eigenvalue weighted by Crippen LogP contribution is -2.28. The van der Waals surface area contributed by atoms with Crippen LogP contribution in [-0.4, -0.2) is 0 Å². The van der Waals surface area contributed by atoms with E-state index < -0.39 is 382 Å². The van der Waals surface area contributed by atoms with Gasteiger partial charge in [-0.25, -0.2) is 0 Å². The lowest BCUT2D eigenvalue weighted by atomic mass is 9.67. The van der Waals surface area contributed by atoms with Crippen LogP contribution >= 0.6 is 0 Å². The Morgan fingerprint density at radius 3 is 1.61 bits per heavy atom. The minimum Gasteiger partial charge on any atom is -0.453 e. The van der Waals surface area contributed by atoms with Crippen LogP contribution in [0.1, 0.15) is 81.2 Å². The predicted molar refractivity (Wildman–Crippen MR) is 280 cm³/mol. The highest BCUT2D eigenvalue weighted by Crippen LogP contribution is 2.58. The predicted octanol–water partition coefficient (Wildman–Crippen LogP) is 17.6. The summed E-state index contributed by atoms with van der Waals surface area (Å²) < 4.78 is 413. The fourth-order valence-corrected chi connectivity index (χ4v) is 8.17. The fraction of sp³-hybridized carbons (Fsp3) is 0.0154. The second-order valence-corrected chi connectivity index (χ2v) is 14.3. The third-order valence-electron chi connectivity index (χ3n) is 10.9. The third kappa shape index (κ3) is 6.11. The molecule has 1 heterocycles. The standard InChI is InChI=1S/C65H43NO/c1-6-21-44(22-7-1)47-37-40-60(56(41-47)45-23-8-2-9-24-45)66(61-36-20-34-55-62-52-32-17-16-27-48(52)42-57(64(62)67-63(55)61)46-25-10-3-11-26-46)51-38-39-54-53-33-18-19-35-58(53)65(59(54)43-51,49-28-12-4-13-29-49)50-30-14-5-15-31-50/h1-43H/i1D,2D,3D,4D,5D,6D,7D,8D,9D,10D,11D,12D,13D,14D,15D,16D,17D,18D,19D,20D,21D,22D,23D,24D,25D,26D,27D,28D,29D,30D,31D,32D,33D,34D,35D,36D,37D,38D,39D,40D,41D,42D,43D. The van der Waals surface area contributed by atoms with Crippen molar-refractivity contribution in [2.75, 3.05) is 4.90 Å². The molecule has 0 N–H and O–H groups in total. The summed E-state index contributed by atoms with van der Waals surface area (Å²) in [5.41, 5.74) is -25.1. The molecule has 2 nitrogen and oxygen atoms in total. The summed E-state index contributed by atoms with van der Waals surface area (Å²) in [5.74, 6) is 0. The van der Waals surface area contributed by atoms with Crippen molar-refractivity contribution in [2.24, 2.45) is 0 Å². The molecule has 0 saturated carbocycles. The van der Waals surface area contributed by atoms with Crippen LogP contribution in [0.3, 0.4) is 0 Å². The van der Waals surface area contributed by atoms with Gasteiger partial charge in [0, 0.05) is 27.6 Å². The summed E-state index contributed by atoms with van der Waals surface area (Å²) in [6.07, 6.45) is 0. The van der Waals surface area contributed by atoms with Crippen molar-refractivity contribution in [3.8, 4) is 44.5 Å². The minimum absolute atomic E-state index is 0.143. The molecule has 13 rings (SSSR count). The molecule has 0 aliphatic heterocycles. The van der Waals surface area contributed by atoms with Crippen LogP contribution in [0.4, 0.5) is 17.1 Å². The summed E-state index contributed by atoms with van der Waals surface area (Å²) in [6.45, 7) is 0. The Labute approximate surface area is 450 Å². The van der Waals surface area contributed by atoms with E-state index in [1.807, 2.05) is 0 Å². The smallest absolute Gasteiger partial charge is 0.159 e. The third-order valence-corrected chi connectivity index (χ3v) is 10.9. The molecule has 0 radical (unpaired) electrons. The first-order valence-corrected chi connectivity index (χ1v) is 19.6. The first-order chi connectivity index (χ1) is 51.1. The lowest BCUT2D eigenvalue weighted by Gasteiger charge is -2.35. The normalized spacial score (nSPS) is 21.6. The van der Waals surface area contributed by atoms with Crippen LogP contribution in [0.2, 0.25) is 0 Å². The zero-order valence-corrected chi connectivity index (χ0v) is 33.4. The molecule has 12 aromatic rings. The molecule has 1 aromatic heterocycles. The number of anilines is 3. The van der Waals surface area contributed by atoms with Crippen molar-refractivity contribution in [2.45, 2.75) is 5.41 Å². The Bertz CT molecular complexity index is 6180. The monoisotopic (exact) mass is 897 g/mol. The van der Waals surface area contributed by atoms with Gasteiger partial charge in [-0.1, -0.05) is 224 Å². The van der Waals surface area contributed by atoms with Crippen molar-refractivity contribution < 1.29 is 63.4 Å². The molecule has 2 heteroatoms. The zero-order valence-electron chi connectivity index (χ0n) is 76.4. The molecule has 0 fully saturated rings. The Balaban J connectivity index is 1.43. The first-order valence-electron chi connectivity index (χ1n) is 41.1. The average Bonchev–Trinajstić information content (AvgIpc) is 1.48. The van der Waals surface area contributed by atoms with E-state index in [4.69, 9.17) is 26.3 Å². The number of para-hydroxylation sites is 1. The van der Waals surface area contributed by atoms with E-state index in [2.05, 4.69) is 0 Å². The van der Waals surface area contributed by atoms with E-state index >= 15 is 0 Å². The maximum absolute atomic E-state index is 11.2. The van der Waals surface area contributed by atoms with Gasteiger partial charge in [-0.2, -0.15) is 0 Å². The second-order valence-electron chi connectivity index (χ2n) is 14.3. The van der Waals surface area contributed by atoms with Gasteiger partial charge in [-0.05, 0) is 103 Å². The number of fused-ring (bicyclic) bond motifs is 8. The Hall–Kier alpha value is -8.72. The van der Waals surface area contributed by atoms with Crippen molar-refractivity contribution in [1.29, 1.82) is 0 Å². The van der Waals surface area contributed by atoms with Crippen LogP contribution in [0.25, 0.3) is 77.2 Å². The van der Waals surface area contributed by atoms with Gasteiger partial charge in [0.05, 0.1) is 75.7 Å². The highest BCUT2D eigenvalue weighted by molar-refractivity contribution is 6.24. The van der Waals surface area contributed by atoms with Gasteiger partial charge in [0.25, 0.3) is 0 Å². The Kier molecular flexibility index (Phi) is 3.51. The zero-order chi connectivity index (χ0) is 81.7. The van der Waals surface area contributed by atoms with E-state index in [-0.39, 0.29) is 4.90 Å². The maximum atomic E-state index is 11.2. The van der Waals surface area contributed by atoms with Crippen molar-refractivity contribution in [3.63, 3.8) is 0 Å². The van der Waals surface area contributed by atoms with Crippen LogP contribution in [0, 0.1) is 0 Å². The number of hydrogen-bond acceptors (Lipinski definition) is 2. The Morgan fingerprint density at radius 2 is 0.910 bits per heavy atom. The molecule has 0 amide bonds. The number of benzene rings is 11. The van der Waals surface area contributed by atoms with Gasteiger partial charge in [0.1, 0.15) is 5.58 Å². The molecule has 67 heavy (non-hydrogen) atoms. The highest BCUT2D eigenvalue weighted by Gasteiger charge is 2.46. The van der Waals surface area contributed by atoms with Gasteiger partial charge in [0.15, 0.2) is 5.58 Å². The average molecular weight is 897 g/mol. The van der Waals surface area contributed by atoms with E-state index in [9.17, 15) is 37.0 Å². The van der Waals surface area contributed by atoms with E-state index in [1.54, 1.807) is 0 Å². The van der Waals surface area contributed by atoms with Crippen LogP contribution in [-0.2, 0) is 5.41 Å². The van der Waals surface area contributed by atoms with Gasteiger partial charge < -0.3 is 9.32 Å². The summed E-state index contributed by atoms with van der Waals surface area (Å²) in [6, 6.07) is -55.7. The minimum atomic E-state index is -3.73. The van der Waals surface area contributed by atoms with Crippen molar-refractivity contribution in [1.82, 2.24) is 0 Å². The van der Waals surface area contributed by atoms with Gasteiger partial charge in [0.2, 0.25) is 0 Å². The fourth-order valence-electron chi connectivity index (χ4n) is 8.17. The Morgan fingerprint density at radius 1 is 0.343 bits per heavy atom. The lowest BCUT2D eigenvalue weighted by molar-refractivity contribution is 0.670. The molecule has 1 aliphatic carbocycles. The molecule has 0 unspecified atom stereocenters. The number of rotatable bonds is 8. The number of hydrogen-bond donors (Lipinski definition) is 0. The molecular weight excluding hydrogens is 811 g/mol. The number of furan rings is 1. The van der Waals surface area contributed by atoms with E-state index in [1.165, 1.54) is 0 Å². The van der Waals surface area contributed by atoms with Crippen LogP contribution in [0.15, 0.2) is 264 Å². The van der Waals surface area contributed by atoms with E-state index in [0.717, 1.165) is 0 Å². The molecule has 0 atom stereocenters. The molecule has 0 bridgehead atoms. The molecule has 1 aliphatic rings. The van der Waals surface area contributed by atoms with Crippen molar-refractivity contribution >= 4 is 49.8 Å². The summed E-state index contributed by atoms with van der Waals surface area (Å²) in [7, 11) is 0. The topological polar surface area (TPSA) is 16.4 Å². The van der Waals surface area contributed by atoms with Gasteiger partial charge in [-0.3, -0.25) is 0 Å². The summed E-state index contributed by atoms with van der Waals surface area (Å²) in [5, 5.41) is -3.60. The SMILES string of the molecule is [2H]c1c([2H])c([2H])c(-c2c([2H])c([2H])c(N(c3c([2H])c([2H])c4c(c3[2H])C(c3c([2H])c([2H])c([2H])c([2H])c3[2H])(c3c([2H])c([2H])c([2H])c([2H])c3[2H])c3c([2H])c([2H])c([2H])c([2H])c3-4)c3c([2H])c([2H])c([2H])c4c3oc3c(-c5c([2H])c([2H])c([2H])c([2H])c5[2H])c([2H])c5c([2H])c([2H])c([2H])c([2H])c5c34)c(-c3c([2H])c([2H])c([2H])c([2H])c3[2H])c2[2H])c([2H])c1[2H]. The maximum Gasteiger partial charge on any atom is 0.159 e. The molecule has 0 saturated heterocycles. The molecule has 11 aromatic carbocycles. The van der Waals surface area contributed by atoms with Crippen LogP contribution < -0.4 is 4.90 Å². The summed E-state index contributed by atoms with van der Waals surface area (Å²) >= 11 is 0. The number of nitrogens with zero attached hydrogens (tertiary/aromatic N) is 1. The van der Waals surface area contributed by atoms with Gasteiger partial charge in [-0.15, -0.1) is 0 Å². The largest absolute Gasteiger partial charge is 0.453 e.